The van der Waals surface area contributed by atoms with Gasteiger partial charge in [-0.05, 0) is 28.5 Å². The van der Waals surface area contributed by atoms with Crippen LogP contribution in [0.5, 0.6) is 0 Å². The molecule has 140 valence electrons. The van der Waals surface area contributed by atoms with Crippen molar-refractivity contribution >= 4 is 33.1 Å². The summed E-state index contributed by atoms with van der Waals surface area (Å²) in [5.41, 5.74) is 2.44. The maximum Gasteiger partial charge on any atom is 0.293 e. The summed E-state index contributed by atoms with van der Waals surface area (Å²) in [6.45, 7) is 2.73. The first-order chi connectivity index (χ1) is 13.8. The third-order valence-electron chi connectivity index (χ3n) is 5.05. The van der Waals surface area contributed by atoms with Gasteiger partial charge in [-0.15, -0.1) is 11.3 Å². The number of thiazole rings is 1. The van der Waals surface area contributed by atoms with Gasteiger partial charge < -0.3 is 4.42 Å². The first-order valence-electron chi connectivity index (χ1n) is 9.29. The predicted molar refractivity (Wildman–Crippen MR) is 111 cm³/mol. The van der Waals surface area contributed by atoms with Gasteiger partial charge in [0.1, 0.15) is 0 Å². The van der Waals surface area contributed by atoms with E-state index in [4.69, 9.17) is 4.42 Å². The zero-order chi connectivity index (χ0) is 18.9. The normalized spacial score (nSPS) is 14.1. The van der Waals surface area contributed by atoms with Crippen LogP contribution in [0, 0.1) is 0 Å². The van der Waals surface area contributed by atoms with Gasteiger partial charge in [0, 0.05) is 30.9 Å². The first kappa shape index (κ1) is 17.2. The molecule has 0 spiro atoms. The number of anilines is 1. The van der Waals surface area contributed by atoms with Gasteiger partial charge in [0.25, 0.3) is 5.91 Å². The molecule has 0 unspecified atom stereocenters. The zero-order valence-corrected chi connectivity index (χ0v) is 16.0. The highest BCUT2D eigenvalue weighted by Crippen LogP contribution is 2.30. The van der Waals surface area contributed by atoms with Gasteiger partial charge in [-0.1, -0.05) is 42.5 Å². The van der Waals surface area contributed by atoms with E-state index in [0.717, 1.165) is 31.7 Å². The van der Waals surface area contributed by atoms with Crippen LogP contribution in [0.25, 0.3) is 10.8 Å². The van der Waals surface area contributed by atoms with Crippen LogP contribution in [0.2, 0.25) is 0 Å². The number of nitrogens with zero attached hydrogens (tertiary/aromatic N) is 2. The van der Waals surface area contributed by atoms with Crippen LogP contribution in [-0.2, 0) is 19.5 Å². The van der Waals surface area contributed by atoms with Crippen molar-refractivity contribution in [2.75, 3.05) is 11.9 Å². The minimum Gasteiger partial charge on any atom is -0.459 e. The molecule has 28 heavy (non-hydrogen) atoms. The molecule has 5 nitrogen and oxygen atoms in total. The van der Waals surface area contributed by atoms with Crippen molar-refractivity contribution in [2.45, 2.75) is 19.5 Å². The van der Waals surface area contributed by atoms with Crippen molar-refractivity contribution in [1.29, 1.82) is 0 Å². The minimum absolute atomic E-state index is 0.260. The number of benzene rings is 2. The molecule has 2 aromatic carbocycles. The Morgan fingerprint density at radius 1 is 1.14 bits per heavy atom. The predicted octanol–water partition coefficient (Wildman–Crippen LogP) is 4.70. The molecule has 1 aliphatic rings. The Bertz CT molecular complexity index is 1130. The quantitative estimate of drug-likeness (QED) is 0.550. The van der Waals surface area contributed by atoms with Gasteiger partial charge in [0.05, 0.1) is 12.0 Å². The molecule has 2 aromatic heterocycles. The van der Waals surface area contributed by atoms with E-state index in [1.807, 2.05) is 0 Å². The molecule has 1 aliphatic heterocycles. The Morgan fingerprint density at radius 2 is 2.04 bits per heavy atom. The summed E-state index contributed by atoms with van der Waals surface area (Å²) >= 11 is 1.55. The fourth-order valence-electron chi connectivity index (χ4n) is 3.67. The maximum atomic E-state index is 12.2. The van der Waals surface area contributed by atoms with Crippen LogP contribution in [0.15, 0.2) is 65.3 Å². The van der Waals surface area contributed by atoms with E-state index >= 15 is 0 Å². The molecule has 0 radical (unpaired) electrons. The molecule has 0 bridgehead atoms. The summed E-state index contributed by atoms with van der Waals surface area (Å²) in [7, 11) is 0. The molecular formula is C22H19N3O2S. The molecule has 1 N–H and O–H groups in total. The number of amides is 1. The fraction of sp³-hybridized carbons (Fsp3) is 0.182. The number of hydrogen-bond donors (Lipinski definition) is 1. The number of fused-ring (bicyclic) bond motifs is 2. The number of furan rings is 1. The lowest BCUT2D eigenvalue weighted by Crippen LogP contribution is -2.29. The van der Waals surface area contributed by atoms with E-state index in [2.05, 4.69) is 57.7 Å². The molecular weight excluding hydrogens is 370 g/mol. The Kier molecular flexibility index (Phi) is 4.43. The minimum atomic E-state index is -0.260. The monoisotopic (exact) mass is 389 g/mol. The molecule has 5 rings (SSSR count). The van der Waals surface area contributed by atoms with Crippen LogP contribution in [-0.4, -0.2) is 22.3 Å². The molecule has 0 saturated carbocycles. The highest BCUT2D eigenvalue weighted by molar-refractivity contribution is 7.15. The van der Waals surface area contributed by atoms with Gasteiger partial charge in [0.15, 0.2) is 10.9 Å². The second kappa shape index (κ2) is 7.22. The van der Waals surface area contributed by atoms with Crippen LogP contribution in [0.3, 0.4) is 0 Å². The maximum absolute atomic E-state index is 12.2. The summed E-state index contributed by atoms with van der Waals surface area (Å²) in [6, 6.07) is 18.4. The van der Waals surface area contributed by atoms with Crippen molar-refractivity contribution in [1.82, 2.24) is 9.88 Å². The van der Waals surface area contributed by atoms with E-state index in [1.54, 1.807) is 23.5 Å². The standard InChI is InChI=1S/C22H19N3O2S/c26-21(19-9-4-12-27-19)24-22-23-18-10-11-25(14-20(18)28-22)13-16-7-3-6-15-5-1-2-8-17(15)16/h1-9,12H,10-11,13-14H2,(H,23,24,26). The number of nitrogens with one attached hydrogen (secondary N) is 1. The Balaban J connectivity index is 1.31. The van der Waals surface area contributed by atoms with Crippen LogP contribution < -0.4 is 5.32 Å². The fourth-order valence-corrected chi connectivity index (χ4v) is 4.72. The summed E-state index contributed by atoms with van der Waals surface area (Å²) < 4.78 is 5.14. The average molecular weight is 389 g/mol. The number of rotatable bonds is 4. The van der Waals surface area contributed by atoms with Gasteiger partial charge in [0.2, 0.25) is 0 Å². The van der Waals surface area contributed by atoms with E-state index in [1.165, 1.54) is 27.5 Å². The molecule has 0 saturated heterocycles. The summed E-state index contributed by atoms with van der Waals surface area (Å²) in [5.74, 6) is 0.0365. The molecule has 3 heterocycles. The summed E-state index contributed by atoms with van der Waals surface area (Å²) in [4.78, 5) is 20.4. The first-order valence-corrected chi connectivity index (χ1v) is 10.1. The molecule has 1 amide bonds. The molecule has 4 aromatic rings. The van der Waals surface area contributed by atoms with Crippen molar-refractivity contribution in [3.63, 3.8) is 0 Å². The van der Waals surface area contributed by atoms with Crippen molar-refractivity contribution in [3.05, 3.63) is 82.8 Å². The lowest BCUT2D eigenvalue weighted by atomic mass is 10.0. The largest absolute Gasteiger partial charge is 0.459 e. The topological polar surface area (TPSA) is 58.4 Å². The van der Waals surface area contributed by atoms with E-state index in [-0.39, 0.29) is 5.91 Å². The smallest absolute Gasteiger partial charge is 0.293 e. The summed E-state index contributed by atoms with van der Waals surface area (Å²) in [5, 5.41) is 6.07. The van der Waals surface area contributed by atoms with Gasteiger partial charge >= 0.3 is 0 Å². The average Bonchev–Trinajstić information content (AvgIpc) is 3.37. The molecule has 0 fully saturated rings. The van der Waals surface area contributed by atoms with Gasteiger partial charge in [-0.2, -0.15) is 0 Å². The second-order valence-corrected chi connectivity index (χ2v) is 8.00. The Hall–Kier alpha value is -2.96. The second-order valence-electron chi connectivity index (χ2n) is 6.92. The third-order valence-corrected chi connectivity index (χ3v) is 6.05. The van der Waals surface area contributed by atoms with Crippen LogP contribution in [0.4, 0.5) is 5.13 Å². The molecule has 6 heteroatoms. The number of carbonyl (C=O) groups excluding carboxylic acids is 1. The lowest BCUT2D eigenvalue weighted by Gasteiger charge is -2.26. The van der Waals surface area contributed by atoms with Crippen LogP contribution in [0.1, 0.15) is 26.7 Å². The highest BCUT2D eigenvalue weighted by Gasteiger charge is 2.22. The zero-order valence-electron chi connectivity index (χ0n) is 15.2. The number of aromatic nitrogens is 1. The van der Waals surface area contributed by atoms with Crippen molar-refractivity contribution in [3.8, 4) is 0 Å². The number of carbonyl (C=O) groups is 1. The highest BCUT2D eigenvalue weighted by atomic mass is 32.1. The lowest BCUT2D eigenvalue weighted by molar-refractivity contribution is 0.0996. The van der Waals surface area contributed by atoms with E-state index in [0.29, 0.717) is 10.9 Å². The number of hydrogen-bond acceptors (Lipinski definition) is 5. The Labute approximate surface area is 166 Å². The molecule has 0 atom stereocenters. The summed E-state index contributed by atoms with van der Waals surface area (Å²) in [6.07, 6.45) is 2.39. The van der Waals surface area contributed by atoms with Crippen LogP contribution >= 0.6 is 11.3 Å². The van der Waals surface area contributed by atoms with E-state index in [9.17, 15) is 4.79 Å². The third kappa shape index (κ3) is 3.32. The van der Waals surface area contributed by atoms with Gasteiger partial charge in [-0.25, -0.2) is 4.98 Å². The van der Waals surface area contributed by atoms with Crippen molar-refractivity contribution in [2.24, 2.45) is 0 Å². The SMILES string of the molecule is O=C(Nc1nc2c(s1)CN(Cc1cccc3ccccc13)CC2)c1ccco1. The van der Waals surface area contributed by atoms with Gasteiger partial charge in [-0.3, -0.25) is 15.0 Å². The van der Waals surface area contributed by atoms with E-state index < -0.39 is 0 Å². The molecule has 0 aliphatic carbocycles. The van der Waals surface area contributed by atoms with Crippen molar-refractivity contribution < 1.29 is 9.21 Å². The Morgan fingerprint density at radius 3 is 2.93 bits per heavy atom.